The van der Waals surface area contributed by atoms with Crippen LogP contribution >= 0.6 is 0 Å². The number of rotatable bonds is 1. The van der Waals surface area contributed by atoms with Crippen molar-refractivity contribution in [2.45, 2.75) is 27.3 Å². The van der Waals surface area contributed by atoms with Crippen molar-refractivity contribution in [3.05, 3.63) is 28.9 Å². The van der Waals surface area contributed by atoms with E-state index in [1.165, 1.54) is 10.8 Å². The second-order valence-corrected chi connectivity index (χ2v) is 4.09. The lowest BCUT2D eigenvalue weighted by Gasteiger charge is -2.07. The Bertz CT molecular complexity index is 415. The minimum atomic E-state index is -0.115. The molecule has 0 saturated carbocycles. The van der Waals surface area contributed by atoms with Crippen LogP contribution in [0.5, 0.6) is 0 Å². The normalized spacial score (nSPS) is 10.5. The Kier molecular flexibility index (Phi) is 3.08. The average molecular weight is 190 g/mol. The first-order valence-electron chi connectivity index (χ1n) is 4.49. The largest absolute Gasteiger partial charge is 0.301 e. The van der Waals surface area contributed by atoms with E-state index in [0.29, 0.717) is 6.54 Å². The van der Waals surface area contributed by atoms with E-state index < -0.39 is 0 Å². The molecule has 0 aliphatic rings. The van der Waals surface area contributed by atoms with Gasteiger partial charge in [-0.05, 0) is 20.8 Å². The minimum Gasteiger partial charge on any atom is -0.301 e. The highest BCUT2D eigenvalue weighted by Gasteiger charge is 2.02. The first-order valence-corrected chi connectivity index (χ1v) is 4.49. The van der Waals surface area contributed by atoms with Gasteiger partial charge >= 0.3 is 0 Å². The molecule has 0 unspecified atom stereocenters. The van der Waals surface area contributed by atoms with Crippen LogP contribution in [-0.2, 0) is 6.54 Å². The molecule has 0 radical (unpaired) electrons. The van der Waals surface area contributed by atoms with E-state index in [-0.39, 0.29) is 11.0 Å². The van der Waals surface area contributed by atoms with Crippen molar-refractivity contribution in [1.82, 2.24) is 9.55 Å². The quantitative estimate of drug-likeness (QED) is 0.625. The third-order valence-corrected chi connectivity index (χ3v) is 1.51. The Morgan fingerprint density at radius 2 is 2.21 bits per heavy atom. The predicted molar refractivity (Wildman–Crippen MR) is 55.7 cm³/mol. The zero-order chi connectivity index (χ0) is 10.6. The molecule has 1 aromatic heterocycles. The maximum absolute atomic E-state index is 11.2. The fourth-order valence-corrected chi connectivity index (χ4v) is 0.894. The summed E-state index contributed by atoms with van der Waals surface area (Å²) in [5.41, 5.74) is -0.132. The number of hydrogen-bond donors (Lipinski definition) is 0. The Labute approximate surface area is 83.8 Å². The summed E-state index contributed by atoms with van der Waals surface area (Å²) in [6, 6.07) is 0. The lowest BCUT2D eigenvalue weighted by molar-refractivity contribution is 0.569. The summed E-state index contributed by atoms with van der Waals surface area (Å²) >= 11 is 0. The van der Waals surface area contributed by atoms with Gasteiger partial charge in [0.25, 0.3) is 5.56 Å². The summed E-state index contributed by atoms with van der Waals surface area (Å²) in [5.74, 6) is 6.04. The molecule has 0 saturated heterocycles. The molecule has 0 aliphatic heterocycles. The van der Waals surface area contributed by atoms with Gasteiger partial charge in [-0.2, -0.15) is 0 Å². The molecule has 0 spiro atoms. The van der Waals surface area contributed by atoms with Crippen LogP contribution in [0.15, 0.2) is 23.4 Å². The van der Waals surface area contributed by atoms with Crippen molar-refractivity contribution in [1.29, 1.82) is 0 Å². The van der Waals surface area contributed by atoms with E-state index in [1.807, 2.05) is 20.8 Å². The standard InChI is InChI=1S/C11H14N2O/c1-11(2,3)5-4-7-13-8-6-12-9-10(13)14/h6,8-9H,7H2,1-3H3. The summed E-state index contributed by atoms with van der Waals surface area (Å²) in [6.07, 6.45) is 4.51. The summed E-state index contributed by atoms with van der Waals surface area (Å²) in [6.45, 7) is 6.54. The van der Waals surface area contributed by atoms with Crippen molar-refractivity contribution in [3.63, 3.8) is 0 Å². The Balaban J connectivity index is 2.76. The van der Waals surface area contributed by atoms with Gasteiger partial charge < -0.3 is 4.57 Å². The molecule has 1 aromatic rings. The van der Waals surface area contributed by atoms with E-state index in [4.69, 9.17) is 0 Å². The molecule has 14 heavy (non-hydrogen) atoms. The lowest BCUT2D eigenvalue weighted by atomic mass is 9.98. The Morgan fingerprint density at radius 3 is 2.79 bits per heavy atom. The van der Waals surface area contributed by atoms with Crippen molar-refractivity contribution in [2.24, 2.45) is 5.41 Å². The second kappa shape index (κ2) is 4.10. The van der Waals surface area contributed by atoms with Gasteiger partial charge in [0.05, 0.1) is 12.7 Å². The van der Waals surface area contributed by atoms with Crippen molar-refractivity contribution in [2.75, 3.05) is 0 Å². The molecule has 3 nitrogen and oxygen atoms in total. The third-order valence-electron chi connectivity index (χ3n) is 1.51. The summed E-state index contributed by atoms with van der Waals surface area (Å²) < 4.78 is 1.53. The number of aromatic nitrogens is 2. The molecule has 1 heterocycles. The molecule has 0 aliphatic carbocycles. The van der Waals surface area contributed by atoms with Gasteiger partial charge in [-0.15, -0.1) is 0 Å². The van der Waals surface area contributed by atoms with E-state index in [0.717, 1.165) is 0 Å². The van der Waals surface area contributed by atoms with E-state index in [9.17, 15) is 4.79 Å². The van der Waals surface area contributed by atoms with Crippen LogP contribution < -0.4 is 5.56 Å². The maximum Gasteiger partial charge on any atom is 0.269 e. The second-order valence-electron chi connectivity index (χ2n) is 4.09. The highest BCUT2D eigenvalue weighted by atomic mass is 16.1. The lowest BCUT2D eigenvalue weighted by Crippen LogP contribution is -2.18. The Hall–Kier alpha value is -1.56. The highest BCUT2D eigenvalue weighted by Crippen LogP contribution is 2.09. The average Bonchev–Trinajstić information content (AvgIpc) is 2.06. The molecule has 0 fully saturated rings. The van der Waals surface area contributed by atoms with Gasteiger partial charge in [0.15, 0.2) is 0 Å². The van der Waals surface area contributed by atoms with Crippen LogP contribution in [-0.4, -0.2) is 9.55 Å². The smallest absolute Gasteiger partial charge is 0.269 e. The zero-order valence-corrected chi connectivity index (χ0v) is 8.74. The topological polar surface area (TPSA) is 34.9 Å². The van der Waals surface area contributed by atoms with E-state index >= 15 is 0 Å². The molecule has 74 valence electrons. The number of nitrogens with zero attached hydrogens (tertiary/aromatic N) is 2. The Morgan fingerprint density at radius 1 is 1.50 bits per heavy atom. The van der Waals surface area contributed by atoms with Gasteiger partial charge in [0, 0.05) is 17.8 Å². The van der Waals surface area contributed by atoms with Crippen LogP contribution in [0.1, 0.15) is 20.8 Å². The van der Waals surface area contributed by atoms with Crippen LogP contribution in [0.3, 0.4) is 0 Å². The van der Waals surface area contributed by atoms with Crippen LogP contribution in [0.25, 0.3) is 0 Å². The van der Waals surface area contributed by atoms with Crippen LogP contribution in [0.2, 0.25) is 0 Å². The minimum absolute atomic E-state index is 0.0172. The van der Waals surface area contributed by atoms with E-state index in [2.05, 4.69) is 16.8 Å². The molecular formula is C11H14N2O. The fourth-order valence-electron chi connectivity index (χ4n) is 0.894. The molecule has 0 atom stereocenters. The SMILES string of the molecule is CC(C)(C)C#CCn1ccncc1=O. The molecule has 1 rings (SSSR count). The van der Waals surface area contributed by atoms with Gasteiger partial charge in [-0.25, -0.2) is 0 Å². The van der Waals surface area contributed by atoms with Gasteiger partial charge in [-0.3, -0.25) is 9.78 Å². The molecular weight excluding hydrogens is 176 g/mol. The summed E-state index contributed by atoms with van der Waals surface area (Å²) in [4.78, 5) is 14.9. The van der Waals surface area contributed by atoms with Gasteiger partial charge in [-0.1, -0.05) is 11.8 Å². The highest BCUT2D eigenvalue weighted by molar-refractivity contribution is 5.07. The zero-order valence-electron chi connectivity index (χ0n) is 8.74. The molecule has 3 heteroatoms. The summed E-state index contributed by atoms with van der Waals surface area (Å²) in [5, 5.41) is 0. The van der Waals surface area contributed by atoms with Crippen molar-refractivity contribution >= 4 is 0 Å². The summed E-state index contributed by atoms with van der Waals surface area (Å²) in [7, 11) is 0. The third kappa shape index (κ3) is 3.44. The molecule has 0 aromatic carbocycles. The maximum atomic E-state index is 11.2. The van der Waals surface area contributed by atoms with Gasteiger partial charge in [0.2, 0.25) is 0 Å². The van der Waals surface area contributed by atoms with Crippen molar-refractivity contribution < 1.29 is 0 Å². The number of hydrogen-bond acceptors (Lipinski definition) is 2. The molecule has 0 N–H and O–H groups in total. The van der Waals surface area contributed by atoms with Crippen LogP contribution in [0, 0.1) is 17.3 Å². The first-order chi connectivity index (χ1) is 6.49. The monoisotopic (exact) mass is 190 g/mol. The van der Waals surface area contributed by atoms with Gasteiger partial charge in [0.1, 0.15) is 0 Å². The van der Waals surface area contributed by atoms with E-state index in [1.54, 1.807) is 12.4 Å². The fraction of sp³-hybridized carbons (Fsp3) is 0.455. The molecule has 0 bridgehead atoms. The van der Waals surface area contributed by atoms with Crippen molar-refractivity contribution in [3.8, 4) is 11.8 Å². The van der Waals surface area contributed by atoms with Crippen LogP contribution in [0.4, 0.5) is 0 Å². The first kappa shape index (κ1) is 10.5. The molecule has 0 amide bonds. The predicted octanol–water partition coefficient (Wildman–Crippen LogP) is 1.29.